The molecule has 1 aromatic carbocycles. The molecular formula is C18H23N3O. The van der Waals surface area contributed by atoms with Crippen LogP contribution in [0.1, 0.15) is 48.5 Å². The molecule has 0 aliphatic carbocycles. The van der Waals surface area contributed by atoms with Crippen molar-refractivity contribution in [3.8, 4) is 6.07 Å². The maximum atomic E-state index is 11.6. The van der Waals surface area contributed by atoms with E-state index < -0.39 is 0 Å². The smallest absolute Gasteiger partial charge is 0.159 e. The van der Waals surface area contributed by atoms with E-state index in [-0.39, 0.29) is 5.78 Å². The zero-order chi connectivity index (χ0) is 15.5. The number of ketones is 1. The minimum absolute atomic E-state index is 0.0534. The average molecular weight is 297 g/mol. The van der Waals surface area contributed by atoms with Gasteiger partial charge in [0.1, 0.15) is 6.07 Å². The van der Waals surface area contributed by atoms with Crippen molar-refractivity contribution in [3.63, 3.8) is 0 Å². The highest BCUT2D eigenvalue weighted by Gasteiger charge is 2.27. The van der Waals surface area contributed by atoms with E-state index >= 15 is 0 Å². The molecule has 4 nitrogen and oxygen atoms in total. The standard InChI is InChI=1S/C18H23N3O/c1-14(22)15-4-5-16(13-19)18(12-15)21-10-6-17(7-11-21)20-8-2-3-9-20/h4-5,12,17H,2-3,6-11H2,1H3. The van der Waals surface area contributed by atoms with Gasteiger partial charge in [0.2, 0.25) is 0 Å². The molecule has 0 saturated carbocycles. The second-order valence-corrected chi connectivity index (χ2v) is 6.36. The first-order valence-electron chi connectivity index (χ1n) is 8.23. The Morgan fingerprint density at radius 3 is 2.45 bits per heavy atom. The van der Waals surface area contributed by atoms with Gasteiger partial charge in [-0.25, -0.2) is 0 Å². The molecule has 2 aliphatic heterocycles. The molecule has 2 saturated heterocycles. The molecule has 0 atom stereocenters. The predicted octanol–water partition coefficient (Wildman–Crippen LogP) is 2.83. The van der Waals surface area contributed by atoms with E-state index in [1.54, 1.807) is 19.1 Å². The minimum Gasteiger partial charge on any atom is -0.370 e. The van der Waals surface area contributed by atoms with Gasteiger partial charge in [0.05, 0.1) is 11.3 Å². The fourth-order valence-electron chi connectivity index (χ4n) is 3.69. The van der Waals surface area contributed by atoms with E-state index in [9.17, 15) is 10.1 Å². The van der Waals surface area contributed by atoms with Crippen molar-refractivity contribution in [1.29, 1.82) is 5.26 Å². The van der Waals surface area contributed by atoms with E-state index in [2.05, 4.69) is 15.9 Å². The SMILES string of the molecule is CC(=O)c1ccc(C#N)c(N2CCC(N3CCCC3)CC2)c1. The molecule has 0 N–H and O–H groups in total. The summed E-state index contributed by atoms with van der Waals surface area (Å²) in [6, 6.07) is 8.37. The fourth-order valence-corrected chi connectivity index (χ4v) is 3.69. The summed E-state index contributed by atoms with van der Waals surface area (Å²) in [6.45, 7) is 6.00. The van der Waals surface area contributed by atoms with Crippen molar-refractivity contribution in [2.24, 2.45) is 0 Å². The van der Waals surface area contributed by atoms with Crippen molar-refractivity contribution in [2.45, 2.75) is 38.6 Å². The highest BCUT2D eigenvalue weighted by atomic mass is 16.1. The molecule has 1 aromatic rings. The Labute approximate surface area is 132 Å². The maximum absolute atomic E-state index is 11.6. The summed E-state index contributed by atoms with van der Waals surface area (Å²) in [7, 11) is 0. The van der Waals surface area contributed by atoms with Crippen LogP contribution in [-0.4, -0.2) is 42.9 Å². The molecule has 2 heterocycles. The van der Waals surface area contributed by atoms with Crippen molar-refractivity contribution in [1.82, 2.24) is 4.90 Å². The van der Waals surface area contributed by atoms with Crippen molar-refractivity contribution in [3.05, 3.63) is 29.3 Å². The van der Waals surface area contributed by atoms with Gasteiger partial charge in [-0.1, -0.05) is 0 Å². The monoisotopic (exact) mass is 297 g/mol. The molecule has 2 fully saturated rings. The molecule has 0 bridgehead atoms. The van der Waals surface area contributed by atoms with E-state index in [0.717, 1.165) is 31.6 Å². The van der Waals surface area contributed by atoms with E-state index in [4.69, 9.17) is 0 Å². The van der Waals surface area contributed by atoms with Crippen LogP contribution in [0.25, 0.3) is 0 Å². The summed E-state index contributed by atoms with van der Waals surface area (Å²) in [4.78, 5) is 16.5. The Morgan fingerprint density at radius 1 is 1.18 bits per heavy atom. The van der Waals surface area contributed by atoms with E-state index in [1.165, 1.54) is 25.9 Å². The quantitative estimate of drug-likeness (QED) is 0.805. The normalized spacial score (nSPS) is 20.1. The van der Waals surface area contributed by atoms with Gasteiger partial charge in [0.15, 0.2) is 5.78 Å². The van der Waals surface area contributed by atoms with Crippen LogP contribution < -0.4 is 4.90 Å². The van der Waals surface area contributed by atoms with E-state index in [1.807, 2.05) is 6.07 Å². The Balaban J connectivity index is 1.73. The molecule has 0 amide bonds. The molecule has 0 aromatic heterocycles. The number of Topliss-reactive ketones (excluding diaryl/α,β-unsaturated/α-hetero) is 1. The molecule has 22 heavy (non-hydrogen) atoms. The average Bonchev–Trinajstić information content (AvgIpc) is 3.09. The Kier molecular flexibility index (Phi) is 4.44. The molecule has 4 heteroatoms. The highest BCUT2D eigenvalue weighted by molar-refractivity contribution is 5.95. The zero-order valence-corrected chi connectivity index (χ0v) is 13.2. The van der Waals surface area contributed by atoms with Crippen LogP contribution >= 0.6 is 0 Å². The Morgan fingerprint density at radius 2 is 1.86 bits per heavy atom. The first-order chi connectivity index (χ1) is 10.7. The van der Waals surface area contributed by atoms with Gasteiger partial charge in [-0.15, -0.1) is 0 Å². The van der Waals surface area contributed by atoms with Crippen molar-refractivity contribution < 1.29 is 4.79 Å². The van der Waals surface area contributed by atoms with Crippen molar-refractivity contribution in [2.75, 3.05) is 31.1 Å². The minimum atomic E-state index is 0.0534. The Bertz CT molecular complexity index is 591. The molecule has 3 rings (SSSR count). The van der Waals surface area contributed by atoms with Crippen LogP contribution in [0.2, 0.25) is 0 Å². The number of rotatable bonds is 3. The number of benzene rings is 1. The molecule has 2 aliphatic rings. The van der Waals surface area contributed by atoms with Gasteiger partial charge < -0.3 is 9.80 Å². The largest absolute Gasteiger partial charge is 0.370 e. The summed E-state index contributed by atoms with van der Waals surface area (Å²) in [5.74, 6) is 0.0534. The van der Waals surface area contributed by atoms with Crippen LogP contribution in [0.3, 0.4) is 0 Å². The second-order valence-electron chi connectivity index (χ2n) is 6.36. The number of likely N-dealkylation sites (tertiary alicyclic amines) is 1. The molecular weight excluding hydrogens is 274 g/mol. The van der Waals surface area contributed by atoms with Crippen LogP contribution in [0.15, 0.2) is 18.2 Å². The summed E-state index contributed by atoms with van der Waals surface area (Å²) in [5, 5.41) is 9.33. The summed E-state index contributed by atoms with van der Waals surface area (Å²) < 4.78 is 0. The van der Waals surface area contributed by atoms with Crippen LogP contribution in [0.5, 0.6) is 0 Å². The predicted molar refractivity (Wildman–Crippen MR) is 87.2 cm³/mol. The highest BCUT2D eigenvalue weighted by Crippen LogP contribution is 2.28. The number of hydrogen-bond acceptors (Lipinski definition) is 4. The lowest BCUT2D eigenvalue weighted by Gasteiger charge is -2.38. The number of piperidine rings is 1. The number of hydrogen-bond donors (Lipinski definition) is 0. The van der Waals surface area contributed by atoms with Gasteiger partial charge in [0.25, 0.3) is 0 Å². The van der Waals surface area contributed by atoms with Gasteiger partial charge >= 0.3 is 0 Å². The lowest BCUT2D eigenvalue weighted by atomic mass is 10.0. The number of carbonyl (C=O) groups is 1. The van der Waals surface area contributed by atoms with Gasteiger partial charge in [-0.05, 0) is 63.9 Å². The summed E-state index contributed by atoms with van der Waals surface area (Å²) >= 11 is 0. The van der Waals surface area contributed by atoms with E-state index in [0.29, 0.717) is 17.2 Å². The lowest BCUT2D eigenvalue weighted by Crippen LogP contribution is -2.44. The van der Waals surface area contributed by atoms with Crippen molar-refractivity contribution >= 4 is 11.5 Å². The first-order valence-corrected chi connectivity index (χ1v) is 8.23. The van der Waals surface area contributed by atoms with Crippen LogP contribution in [-0.2, 0) is 0 Å². The number of nitrogens with zero attached hydrogens (tertiary/aromatic N) is 3. The van der Waals surface area contributed by atoms with Gasteiger partial charge in [-0.3, -0.25) is 4.79 Å². The topological polar surface area (TPSA) is 47.3 Å². The fraction of sp³-hybridized carbons (Fsp3) is 0.556. The summed E-state index contributed by atoms with van der Waals surface area (Å²) in [5.41, 5.74) is 2.29. The first kappa shape index (κ1) is 15.1. The van der Waals surface area contributed by atoms with Crippen LogP contribution in [0.4, 0.5) is 5.69 Å². The number of carbonyl (C=O) groups excluding carboxylic acids is 1. The third kappa shape index (κ3) is 3.00. The van der Waals surface area contributed by atoms with Gasteiger partial charge in [0, 0.05) is 24.7 Å². The lowest BCUT2D eigenvalue weighted by molar-refractivity contribution is 0.101. The van der Waals surface area contributed by atoms with Crippen LogP contribution in [0, 0.1) is 11.3 Å². The third-order valence-electron chi connectivity index (χ3n) is 4.99. The molecule has 0 spiro atoms. The molecule has 0 radical (unpaired) electrons. The second kappa shape index (κ2) is 6.50. The summed E-state index contributed by atoms with van der Waals surface area (Å²) in [6.07, 6.45) is 4.96. The molecule has 0 unspecified atom stereocenters. The zero-order valence-electron chi connectivity index (χ0n) is 13.2. The number of nitriles is 1. The third-order valence-corrected chi connectivity index (χ3v) is 4.99. The maximum Gasteiger partial charge on any atom is 0.159 e. The number of anilines is 1. The van der Waals surface area contributed by atoms with Gasteiger partial charge in [-0.2, -0.15) is 5.26 Å². The molecule has 116 valence electrons. The Hall–Kier alpha value is -1.86.